The molecule has 6 nitrogen and oxygen atoms in total. The Kier molecular flexibility index (Phi) is 7.74. The molecule has 0 fully saturated rings. The second kappa shape index (κ2) is 9.79. The van der Waals surface area contributed by atoms with Crippen LogP contribution in [0.5, 0.6) is 0 Å². The van der Waals surface area contributed by atoms with E-state index in [1.54, 1.807) is 7.11 Å². The zero-order valence-electron chi connectivity index (χ0n) is 14.7. The number of benzene rings is 1. The highest BCUT2D eigenvalue weighted by molar-refractivity contribution is 8.00. The van der Waals surface area contributed by atoms with Crippen LogP contribution in [0.15, 0.2) is 29.4 Å². The zero-order valence-corrected chi connectivity index (χ0v) is 16.2. The highest BCUT2D eigenvalue weighted by Crippen LogP contribution is 2.27. The Labute approximate surface area is 157 Å². The maximum atomic E-state index is 12.1. The lowest BCUT2D eigenvalue weighted by atomic mass is 10.2. The van der Waals surface area contributed by atoms with Crippen LogP contribution < -0.4 is 5.32 Å². The van der Waals surface area contributed by atoms with Crippen molar-refractivity contribution in [2.75, 3.05) is 20.3 Å². The third kappa shape index (κ3) is 5.45. The summed E-state index contributed by atoms with van der Waals surface area (Å²) in [5, 5.41) is 12.6. The summed E-state index contributed by atoms with van der Waals surface area (Å²) in [6.45, 7) is 5.74. The van der Waals surface area contributed by atoms with Crippen LogP contribution in [0.3, 0.4) is 0 Å². The fourth-order valence-electron chi connectivity index (χ4n) is 2.25. The van der Waals surface area contributed by atoms with Crippen LogP contribution in [0.25, 0.3) is 11.4 Å². The van der Waals surface area contributed by atoms with Crippen LogP contribution in [-0.2, 0) is 16.1 Å². The molecule has 0 unspecified atom stereocenters. The number of aromatic nitrogens is 3. The van der Waals surface area contributed by atoms with Crippen molar-refractivity contribution in [1.82, 2.24) is 20.1 Å². The Morgan fingerprint density at radius 3 is 2.72 bits per heavy atom. The van der Waals surface area contributed by atoms with Gasteiger partial charge in [0.2, 0.25) is 5.91 Å². The Bertz CT molecular complexity index is 690. The molecule has 2 rings (SSSR count). The number of nitrogens with one attached hydrogen (secondary N) is 1. The fourth-order valence-corrected chi connectivity index (χ4v) is 3.27. The summed E-state index contributed by atoms with van der Waals surface area (Å²) in [5.74, 6) is 0.745. The van der Waals surface area contributed by atoms with Gasteiger partial charge >= 0.3 is 0 Å². The van der Waals surface area contributed by atoms with Gasteiger partial charge in [-0.15, -0.1) is 10.2 Å². The molecule has 0 aliphatic carbocycles. The van der Waals surface area contributed by atoms with Crippen LogP contribution in [0.4, 0.5) is 0 Å². The molecule has 1 heterocycles. The van der Waals surface area contributed by atoms with Crippen molar-refractivity contribution in [3.05, 3.63) is 29.3 Å². The minimum absolute atomic E-state index is 0.0406. The molecule has 1 amide bonds. The van der Waals surface area contributed by atoms with Crippen molar-refractivity contribution in [3.8, 4) is 11.4 Å². The Balaban J connectivity index is 2.15. The smallest absolute Gasteiger partial charge is 0.233 e. The number of hydrogen-bond acceptors (Lipinski definition) is 5. The monoisotopic (exact) mass is 382 g/mol. The molecule has 1 aromatic heterocycles. The highest BCUT2D eigenvalue weighted by atomic mass is 35.5. The molecule has 136 valence electrons. The molecule has 0 bridgehead atoms. The van der Waals surface area contributed by atoms with Crippen molar-refractivity contribution in [3.63, 3.8) is 0 Å². The van der Waals surface area contributed by atoms with Gasteiger partial charge in [0, 0.05) is 30.8 Å². The second-order valence-electron chi connectivity index (χ2n) is 5.51. The van der Waals surface area contributed by atoms with E-state index in [2.05, 4.69) is 22.4 Å². The second-order valence-corrected chi connectivity index (χ2v) is 7.25. The van der Waals surface area contributed by atoms with E-state index in [-0.39, 0.29) is 11.2 Å². The number of thioether (sulfide) groups is 1. The molecular formula is C17H23ClN4O2S. The molecule has 1 aromatic carbocycles. The third-order valence-corrected chi connectivity index (χ3v) is 4.86. The minimum atomic E-state index is -0.269. The largest absolute Gasteiger partial charge is 0.383 e. The lowest BCUT2D eigenvalue weighted by Gasteiger charge is -2.13. The van der Waals surface area contributed by atoms with Crippen LogP contribution in [-0.4, -0.2) is 46.2 Å². The molecule has 0 saturated carbocycles. The summed E-state index contributed by atoms with van der Waals surface area (Å²) in [6, 6.07) is 7.52. The van der Waals surface area contributed by atoms with Crippen LogP contribution in [0, 0.1) is 0 Å². The quantitative estimate of drug-likeness (QED) is 0.532. The molecular weight excluding hydrogens is 360 g/mol. The maximum absolute atomic E-state index is 12.1. The normalized spacial score (nSPS) is 12.2. The van der Waals surface area contributed by atoms with Crippen LogP contribution in [0.2, 0.25) is 5.02 Å². The Hall–Kier alpha value is -1.57. The van der Waals surface area contributed by atoms with Crippen LogP contribution in [0.1, 0.15) is 20.3 Å². The Morgan fingerprint density at radius 2 is 2.08 bits per heavy atom. The van der Waals surface area contributed by atoms with E-state index in [1.165, 1.54) is 11.8 Å². The van der Waals surface area contributed by atoms with Gasteiger partial charge < -0.3 is 14.6 Å². The Morgan fingerprint density at radius 1 is 1.36 bits per heavy atom. The van der Waals surface area contributed by atoms with E-state index >= 15 is 0 Å². The summed E-state index contributed by atoms with van der Waals surface area (Å²) in [7, 11) is 1.61. The number of rotatable bonds is 9. The van der Waals surface area contributed by atoms with Gasteiger partial charge in [-0.1, -0.05) is 30.3 Å². The first-order valence-corrected chi connectivity index (χ1v) is 9.45. The number of halogens is 1. The van der Waals surface area contributed by atoms with Crippen molar-refractivity contribution in [2.45, 2.75) is 37.2 Å². The molecule has 0 saturated heterocycles. The van der Waals surface area contributed by atoms with E-state index in [0.29, 0.717) is 18.2 Å². The van der Waals surface area contributed by atoms with Crippen molar-refractivity contribution in [2.24, 2.45) is 0 Å². The molecule has 0 aliphatic rings. The van der Waals surface area contributed by atoms with Gasteiger partial charge in [0.15, 0.2) is 11.0 Å². The van der Waals surface area contributed by atoms with Crippen molar-refractivity contribution in [1.29, 1.82) is 0 Å². The maximum Gasteiger partial charge on any atom is 0.233 e. The fraction of sp³-hybridized carbons (Fsp3) is 0.471. The number of carbonyl (C=O) groups is 1. The van der Waals surface area contributed by atoms with Crippen molar-refractivity contribution >= 4 is 29.3 Å². The summed E-state index contributed by atoms with van der Waals surface area (Å²) < 4.78 is 6.99. The average Bonchev–Trinajstić information content (AvgIpc) is 2.98. The van der Waals surface area contributed by atoms with Gasteiger partial charge in [-0.3, -0.25) is 4.79 Å². The van der Waals surface area contributed by atoms with Gasteiger partial charge in [-0.2, -0.15) is 0 Å². The van der Waals surface area contributed by atoms with Crippen LogP contribution >= 0.6 is 23.4 Å². The number of amides is 1. The predicted octanol–water partition coefficient (Wildman–Crippen LogP) is 3.25. The first-order valence-electron chi connectivity index (χ1n) is 8.19. The molecule has 0 spiro atoms. The number of methoxy groups -OCH3 is 1. The molecule has 0 aliphatic heterocycles. The third-order valence-electron chi connectivity index (χ3n) is 3.52. The molecule has 8 heteroatoms. The lowest BCUT2D eigenvalue weighted by Crippen LogP contribution is -2.33. The molecule has 1 N–H and O–H groups in total. The lowest BCUT2D eigenvalue weighted by molar-refractivity contribution is -0.120. The molecule has 1 atom stereocenters. The van der Waals surface area contributed by atoms with E-state index in [1.807, 2.05) is 35.8 Å². The van der Waals surface area contributed by atoms with Gasteiger partial charge in [-0.25, -0.2) is 0 Å². The van der Waals surface area contributed by atoms with E-state index < -0.39 is 0 Å². The summed E-state index contributed by atoms with van der Waals surface area (Å²) in [5.41, 5.74) is 0.953. The van der Waals surface area contributed by atoms with Crippen molar-refractivity contribution < 1.29 is 9.53 Å². The highest BCUT2D eigenvalue weighted by Gasteiger charge is 2.20. The number of carbonyl (C=O) groups excluding carboxylic acids is 1. The van der Waals surface area contributed by atoms with Gasteiger partial charge in [0.1, 0.15) is 0 Å². The van der Waals surface area contributed by atoms with E-state index in [4.69, 9.17) is 16.3 Å². The number of hydrogen-bond donors (Lipinski definition) is 1. The molecule has 25 heavy (non-hydrogen) atoms. The molecule has 2 aromatic rings. The van der Waals surface area contributed by atoms with E-state index in [0.717, 1.165) is 29.5 Å². The summed E-state index contributed by atoms with van der Waals surface area (Å²) in [6.07, 6.45) is 0.945. The van der Waals surface area contributed by atoms with Gasteiger partial charge in [0.25, 0.3) is 0 Å². The first kappa shape index (κ1) is 19.8. The minimum Gasteiger partial charge on any atom is -0.383 e. The predicted molar refractivity (Wildman–Crippen MR) is 101 cm³/mol. The van der Waals surface area contributed by atoms with Gasteiger partial charge in [0.05, 0.1) is 11.9 Å². The average molecular weight is 383 g/mol. The number of ether oxygens (including phenoxy) is 1. The van der Waals surface area contributed by atoms with Gasteiger partial charge in [-0.05, 0) is 37.6 Å². The number of nitrogens with zero attached hydrogens (tertiary/aromatic N) is 3. The van der Waals surface area contributed by atoms with E-state index in [9.17, 15) is 4.79 Å². The summed E-state index contributed by atoms with van der Waals surface area (Å²) in [4.78, 5) is 12.1. The topological polar surface area (TPSA) is 69.0 Å². The standard InChI is InChI=1S/C17H23ClN4O2S/c1-4-10-22-15(13-5-7-14(18)8-6-13)20-21-17(22)25-12(2)16(23)19-9-11-24-3/h5-8,12H,4,9-11H2,1-3H3,(H,19,23)/t12-/m0/s1. The summed E-state index contributed by atoms with van der Waals surface area (Å²) >= 11 is 7.37. The first-order chi connectivity index (χ1) is 12.1. The SMILES string of the molecule is CCCn1c(S[C@@H](C)C(=O)NCCOC)nnc1-c1ccc(Cl)cc1. The zero-order chi connectivity index (χ0) is 18.2. The molecule has 0 radical (unpaired) electrons.